The van der Waals surface area contributed by atoms with Crippen LogP contribution in [-0.4, -0.2) is 52.9 Å². The predicted octanol–water partition coefficient (Wildman–Crippen LogP) is 1.93. The molecule has 2 N–H and O–H groups in total. The molecule has 3 heterocycles. The summed E-state index contributed by atoms with van der Waals surface area (Å²) < 4.78 is 7.50. The fourth-order valence-corrected chi connectivity index (χ4v) is 4.66. The fraction of sp³-hybridized carbons (Fsp3) is 0.400. The van der Waals surface area contributed by atoms with Gasteiger partial charge < -0.3 is 14.4 Å². The first kappa shape index (κ1) is 25.6. The van der Waals surface area contributed by atoms with E-state index in [-0.39, 0.29) is 12.0 Å². The predicted molar refractivity (Wildman–Crippen MR) is 129 cm³/mol. The van der Waals surface area contributed by atoms with E-state index < -0.39 is 11.9 Å². The second-order valence-electron chi connectivity index (χ2n) is 8.61. The molecule has 2 aliphatic heterocycles. The molecule has 0 saturated carbocycles. The number of rotatable bonds is 6. The number of carbonyl (C=O) groups excluding carboxylic acids is 1. The summed E-state index contributed by atoms with van der Waals surface area (Å²) in [6, 6.07) is 13.1. The average Bonchev–Trinajstić information content (AvgIpc) is 2.80. The third-order valence-electron chi connectivity index (χ3n) is 5.90. The lowest BCUT2D eigenvalue weighted by Crippen LogP contribution is -2.46. The molecule has 10 nitrogen and oxygen atoms in total. The largest absolute Gasteiger partial charge is 0.496 e. The van der Waals surface area contributed by atoms with Crippen molar-refractivity contribution in [2.75, 3.05) is 20.2 Å². The van der Waals surface area contributed by atoms with Crippen molar-refractivity contribution < 1.29 is 19.4 Å². The topological polar surface area (TPSA) is 137 Å². The van der Waals surface area contributed by atoms with Gasteiger partial charge in [0.05, 0.1) is 19.4 Å². The second-order valence-corrected chi connectivity index (χ2v) is 8.61. The van der Waals surface area contributed by atoms with Gasteiger partial charge in [-0.15, -0.1) is 0 Å². The number of ether oxygens (including phenoxy) is 1. The number of methoxy groups -OCH3 is 1. The van der Waals surface area contributed by atoms with Gasteiger partial charge in [0.15, 0.2) is 0 Å². The summed E-state index contributed by atoms with van der Waals surface area (Å²) in [7, 11) is 1.66. The summed E-state index contributed by atoms with van der Waals surface area (Å²) in [6.45, 7) is 4.42. The van der Waals surface area contributed by atoms with Crippen LogP contribution in [-0.2, 0) is 22.7 Å². The number of pyridine rings is 1. The van der Waals surface area contributed by atoms with Crippen molar-refractivity contribution in [2.24, 2.45) is 11.0 Å². The molecule has 1 aromatic carbocycles. The number of piperidine rings is 1. The zero-order valence-corrected chi connectivity index (χ0v) is 19.8. The Bertz CT molecular complexity index is 1200. The first-order chi connectivity index (χ1) is 16.8. The van der Waals surface area contributed by atoms with Crippen LogP contribution in [0.3, 0.4) is 0 Å². The van der Waals surface area contributed by atoms with Crippen molar-refractivity contribution >= 4 is 18.1 Å². The van der Waals surface area contributed by atoms with E-state index in [9.17, 15) is 9.59 Å². The number of fused-ring (bicyclic) bond motifs is 4. The van der Waals surface area contributed by atoms with E-state index >= 15 is 0 Å². The maximum atomic E-state index is 12.2. The highest BCUT2D eigenvalue weighted by molar-refractivity contribution is 5.83. The maximum absolute atomic E-state index is 12.2. The van der Waals surface area contributed by atoms with Gasteiger partial charge in [0.1, 0.15) is 12.2 Å². The molecule has 184 valence electrons. The third-order valence-corrected chi connectivity index (χ3v) is 5.90. The van der Waals surface area contributed by atoms with Crippen molar-refractivity contribution in [1.82, 2.24) is 14.9 Å². The van der Waals surface area contributed by atoms with Gasteiger partial charge in [-0.05, 0) is 42.2 Å². The Morgan fingerprint density at radius 2 is 2.06 bits per heavy atom. The maximum Gasteiger partial charge on any atom is 0.300 e. The van der Waals surface area contributed by atoms with E-state index in [2.05, 4.69) is 21.5 Å². The molecule has 1 saturated heterocycles. The molecule has 2 aromatic rings. The number of nitrogens with zero attached hydrogens (tertiary/aromatic N) is 4. The number of hydrazone groups is 1. The van der Waals surface area contributed by atoms with Gasteiger partial charge >= 0.3 is 0 Å². The Kier molecular flexibility index (Phi) is 8.75. The Morgan fingerprint density at radius 1 is 1.29 bits per heavy atom. The van der Waals surface area contributed by atoms with Crippen LogP contribution >= 0.6 is 0 Å². The lowest BCUT2D eigenvalue weighted by molar-refractivity contribution is -0.134. The number of nitrogens with one attached hydrogen (secondary N) is 1. The summed E-state index contributed by atoms with van der Waals surface area (Å²) in [5.74, 6) is 0.342. The number of hydrogen-bond donors (Lipinski definition) is 2. The van der Waals surface area contributed by atoms with Gasteiger partial charge in [-0.2, -0.15) is 10.4 Å². The van der Waals surface area contributed by atoms with E-state index in [0.717, 1.165) is 62.1 Å². The number of likely N-dealkylation sites (tertiary alicyclic amines) is 1. The van der Waals surface area contributed by atoms with E-state index in [1.54, 1.807) is 25.5 Å². The molecule has 0 aliphatic carbocycles. The summed E-state index contributed by atoms with van der Waals surface area (Å²) in [5, 5.41) is 19.9. The average molecular weight is 480 g/mol. The second kappa shape index (κ2) is 11.9. The lowest BCUT2D eigenvalue weighted by atomic mass is 9.83. The molecular formula is C25H29N5O5. The minimum atomic E-state index is -0.833. The minimum absolute atomic E-state index is 0.0937. The van der Waals surface area contributed by atoms with Crippen molar-refractivity contribution in [2.45, 2.75) is 38.8 Å². The number of nitriles is 1. The number of carbonyl (C=O) groups is 2. The van der Waals surface area contributed by atoms with Crippen LogP contribution in [0.25, 0.3) is 0 Å². The van der Waals surface area contributed by atoms with E-state index in [4.69, 9.17) is 19.9 Å². The number of hydrogen-bond acceptors (Lipinski definition) is 7. The zero-order valence-electron chi connectivity index (χ0n) is 19.8. The van der Waals surface area contributed by atoms with Crippen LogP contribution in [0.2, 0.25) is 0 Å². The van der Waals surface area contributed by atoms with Gasteiger partial charge in [0, 0.05) is 56.3 Å². The van der Waals surface area contributed by atoms with Crippen molar-refractivity contribution in [3.05, 3.63) is 63.6 Å². The lowest BCUT2D eigenvalue weighted by Gasteiger charge is -2.42. The molecule has 1 unspecified atom stereocenters. The van der Waals surface area contributed by atoms with Crippen LogP contribution < -0.4 is 15.7 Å². The van der Waals surface area contributed by atoms with Gasteiger partial charge in [0.25, 0.3) is 17.4 Å². The third kappa shape index (κ3) is 7.01. The normalized spacial score (nSPS) is 18.5. The number of benzene rings is 1. The van der Waals surface area contributed by atoms with Gasteiger partial charge in [-0.3, -0.25) is 19.3 Å². The van der Waals surface area contributed by atoms with Crippen LogP contribution in [0, 0.1) is 17.2 Å². The Labute approximate surface area is 203 Å². The summed E-state index contributed by atoms with van der Waals surface area (Å²) >= 11 is 0. The number of amides is 1. The van der Waals surface area contributed by atoms with Gasteiger partial charge in [0.2, 0.25) is 0 Å². The summed E-state index contributed by atoms with van der Waals surface area (Å²) in [4.78, 5) is 35.0. The highest BCUT2D eigenvalue weighted by atomic mass is 16.5. The minimum Gasteiger partial charge on any atom is -0.496 e. The smallest absolute Gasteiger partial charge is 0.300 e. The molecule has 2 atom stereocenters. The molecule has 35 heavy (non-hydrogen) atoms. The zero-order chi connectivity index (χ0) is 25.4. The Hall–Kier alpha value is -3.97. The van der Waals surface area contributed by atoms with Crippen LogP contribution in [0.4, 0.5) is 0 Å². The van der Waals surface area contributed by atoms with Crippen LogP contribution in [0.5, 0.6) is 5.75 Å². The highest BCUT2D eigenvalue weighted by Crippen LogP contribution is 2.36. The summed E-state index contributed by atoms with van der Waals surface area (Å²) in [5.41, 5.74) is 5.45. The fourth-order valence-electron chi connectivity index (χ4n) is 4.66. The van der Waals surface area contributed by atoms with Crippen LogP contribution in [0.15, 0.2) is 46.3 Å². The first-order valence-corrected chi connectivity index (χ1v) is 11.3. The number of aliphatic carboxylic acids is 1. The van der Waals surface area contributed by atoms with Crippen molar-refractivity contribution in [1.29, 1.82) is 5.26 Å². The Morgan fingerprint density at radius 3 is 2.77 bits per heavy atom. The number of carboxylic acid groups (broad SMARTS) is 1. The van der Waals surface area contributed by atoms with E-state index in [1.165, 1.54) is 0 Å². The van der Waals surface area contributed by atoms with Crippen molar-refractivity contribution in [3.8, 4) is 11.8 Å². The molecule has 10 heteroatoms. The quantitative estimate of drug-likeness (QED) is 0.477. The molecular weight excluding hydrogens is 450 g/mol. The molecule has 2 aliphatic rings. The molecule has 2 bridgehead atoms. The monoisotopic (exact) mass is 479 g/mol. The SMILES string of the molecule is CC(=O)O.COc1ccc(/C=N/NC(=O)CC#N)cc1CN1CC2C[C@H](C1)c1cccc(=O)n1C2. The molecule has 4 rings (SSSR count). The molecule has 1 fully saturated rings. The number of aromatic nitrogens is 1. The van der Waals surface area contributed by atoms with E-state index in [0.29, 0.717) is 11.8 Å². The standard InChI is InChI=1S/C23H25N5O3.C2H4O2/c1-31-21-6-5-16(11-25-26-22(29)7-8-24)9-19(21)15-27-12-17-10-18(14-27)20-3-2-4-23(30)28(20)13-17;1-2(3)4/h2-6,9,11,17-18H,7,10,12-15H2,1H3,(H,26,29);1H3,(H,3,4)/b25-11+;/t17?,18-;/m1./s1. The number of carboxylic acids is 1. The molecule has 1 aromatic heterocycles. The van der Waals surface area contributed by atoms with E-state index in [1.807, 2.05) is 28.8 Å². The Balaban J connectivity index is 0.000000795. The molecule has 0 radical (unpaired) electrons. The van der Waals surface area contributed by atoms with Crippen LogP contribution in [0.1, 0.15) is 42.5 Å². The van der Waals surface area contributed by atoms with Gasteiger partial charge in [-0.1, -0.05) is 6.07 Å². The van der Waals surface area contributed by atoms with Crippen molar-refractivity contribution in [3.63, 3.8) is 0 Å². The summed E-state index contributed by atoms with van der Waals surface area (Å²) in [6.07, 6.45) is 2.45. The molecule has 1 amide bonds. The van der Waals surface area contributed by atoms with Gasteiger partial charge in [-0.25, -0.2) is 5.43 Å². The first-order valence-electron chi connectivity index (χ1n) is 11.3. The molecule has 0 spiro atoms. The highest BCUT2D eigenvalue weighted by Gasteiger charge is 2.34.